The standard InChI is InChI=1S/C9H16N4S2.HI/c1-10-8(11-2)12-4-3-6-14-9-13-5-7-15-9;/h5,7H,3-4,6H2,1-2H3,(H2,10,11,12);1H. The first kappa shape index (κ1) is 16.0. The van der Waals surface area contributed by atoms with Crippen LogP contribution in [0.15, 0.2) is 20.9 Å². The molecule has 0 amide bonds. The molecule has 1 aromatic heterocycles. The summed E-state index contributed by atoms with van der Waals surface area (Å²) in [7, 11) is 3.63. The van der Waals surface area contributed by atoms with E-state index >= 15 is 0 Å². The van der Waals surface area contributed by atoms with E-state index in [1.165, 1.54) is 0 Å². The summed E-state index contributed by atoms with van der Waals surface area (Å²) in [6.07, 6.45) is 2.94. The van der Waals surface area contributed by atoms with E-state index in [0.29, 0.717) is 0 Å². The highest BCUT2D eigenvalue weighted by Gasteiger charge is 1.96. The fourth-order valence-corrected chi connectivity index (χ4v) is 2.65. The third-order valence-corrected chi connectivity index (χ3v) is 3.76. The Kier molecular flexibility index (Phi) is 10.1. The van der Waals surface area contributed by atoms with Crippen LogP contribution in [0.3, 0.4) is 0 Å². The maximum Gasteiger partial charge on any atom is 0.190 e. The molecule has 1 rings (SSSR count). The summed E-state index contributed by atoms with van der Waals surface area (Å²) in [5, 5.41) is 8.19. The van der Waals surface area contributed by atoms with E-state index in [1.54, 1.807) is 30.1 Å². The van der Waals surface area contributed by atoms with Gasteiger partial charge in [0.1, 0.15) is 4.34 Å². The topological polar surface area (TPSA) is 49.3 Å². The minimum absolute atomic E-state index is 0. The second-order valence-electron chi connectivity index (χ2n) is 2.75. The van der Waals surface area contributed by atoms with Gasteiger partial charge in [-0.25, -0.2) is 4.98 Å². The van der Waals surface area contributed by atoms with E-state index < -0.39 is 0 Å². The number of hydrogen-bond donors (Lipinski definition) is 2. The van der Waals surface area contributed by atoms with Crippen molar-refractivity contribution >= 4 is 53.0 Å². The van der Waals surface area contributed by atoms with Crippen molar-refractivity contribution in [2.45, 2.75) is 10.8 Å². The number of nitrogens with one attached hydrogen (secondary N) is 2. The van der Waals surface area contributed by atoms with E-state index in [-0.39, 0.29) is 24.0 Å². The van der Waals surface area contributed by atoms with Crippen molar-refractivity contribution in [2.75, 3.05) is 26.4 Å². The Morgan fingerprint density at radius 1 is 1.62 bits per heavy atom. The van der Waals surface area contributed by atoms with Crippen LogP contribution in [0.4, 0.5) is 0 Å². The van der Waals surface area contributed by atoms with Crippen molar-refractivity contribution in [1.29, 1.82) is 0 Å². The molecular weight excluding hydrogens is 355 g/mol. The SMILES string of the molecule is CN=C(NC)NCCCSc1nccs1.I. The van der Waals surface area contributed by atoms with Gasteiger partial charge < -0.3 is 10.6 Å². The minimum Gasteiger partial charge on any atom is -0.359 e. The van der Waals surface area contributed by atoms with Crippen molar-refractivity contribution < 1.29 is 0 Å². The Labute approximate surface area is 122 Å². The smallest absolute Gasteiger partial charge is 0.190 e. The molecule has 0 aliphatic heterocycles. The van der Waals surface area contributed by atoms with Gasteiger partial charge in [-0.3, -0.25) is 4.99 Å². The van der Waals surface area contributed by atoms with Crippen molar-refractivity contribution in [2.24, 2.45) is 4.99 Å². The lowest BCUT2D eigenvalue weighted by Gasteiger charge is -2.07. The molecule has 2 N–H and O–H groups in total. The Morgan fingerprint density at radius 3 is 3.00 bits per heavy atom. The Hall–Kier alpha value is -0.0200. The minimum atomic E-state index is 0. The van der Waals surface area contributed by atoms with Gasteiger partial charge in [-0.1, -0.05) is 11.8 Å². The molecule has 7 heteroatoms. The molecule has 92 valence electrons. The Balaban J connectivity index is 0.00000225. The lowest BCUT2D eigenvalue weighted by molar-refractivity contribution is 0.819. The highest BCUT2D eigenvalue weighted by Crippen LogP contribution is 2.20. The molecule has 0 bridgehead atoms. The zero-order valence-corrected chi connectivity index (χ0v) is 13.4. The predicted molar refractivity (Wildman–Crippen MR) is 83.3 cm³/mol. The molecule has 4 nitrogen and oxygen atoms in total. The monoisotopic (exact) mass is 372 g/mol. The first-order chi connectivity index (χ1) is 7.36. The molecule has 0 aliphatic rings. The summed E-state index contributed by atoms with van der Waals surface area (Å²) < 4.78 is 1.15. The van der Waals surface area contributed by atoms with Gasteiger partial charge >= 0.3 is 0 Å². The third-order valence-electron chi connectivity index (χ3n) is 1.71. The lowest BCUT2D eigenvalue weighted by atomic mass is 10.5. The van der Waals surface area contributed by atoms with E-state index in [0.717, 1.165) is 29.0 Å². The second-order valence-corrected chi connectivity index (χ2v) is 4.99. The molecule has 0 unspecified atom stereocenters. The van der Waals surface area contributed by atoms with Crippen LogP contribution < -0.4 is 10.6 Å². The van der Waals surface area contributed by atoms with Crippen molar-refractivity contribution in [3.8, 4) is 0 Å². The van der Waals surface area contributed by atoms with Crippen LogP contribution in [0.1, 0.15) is 6.42 Å². The number of guanidine groups is 1. The number of hydrogen-bond acceptors (Lipinski definition) is 4. The molecule has 0 aromatic carbocycles. The predicted octanol–water partition coefficient (Wildman–Crippen LogP) is 2.04. The maximum atomic E-state index is 4.21. The van der Waals surface area contributed by atoms with Gasteiger partial charge in [0, 0.05) is 38.0 Å². The van der Waals surface area contributed by atoms with Crippen LogP contribution in [0.25, 0.3) is 0 Å². The number of aromatic nitrogens is 1. The molecule has 0 spiro atoms. The molecule has 0 saturated carbocycles. The van der Waals surface area contributed by atoms with Crippen LogP contribution in [0.2, 0.25) is 0 Å². The van der Waals surface area contributed by atoms with Gasteiger partial charge in [0.05, 0.1) is 0 Å². The van der Waals surface area contributed by atoms with Crippen molar-refractivity contribution in [3.05, 3.63) is 11.6 Å². The fraction of sp³-hybridized carbons (Fsp3) is 0.556. The molecule has 0 fully saturated rings. The van der Waals surface area contributed by atoms with Gasteiger partial charge in [-0.05, 0) is 6.42 Å². The number of thioether (sulfide) groups is 1. The number of thiazole rings is 1. The van der Waals surface area contributed by atoms with Crippen LogP contribution in [-0.4, -0.2) is 37.3 Å². The number of halogens is 1. The summed E-state index contributed by atoms with van der Waals surface area (Å²) in [5.41, 5.74) is 0. The van der Waals surface area contributed by atoms with Gasteiger partial charge in [-0.2, -0.15) is 0 Å². The van der Waals surface area contributed by atoms with Gasteiger partial charge in [-0.15, -0.1) is 35.3 Å². The Morgan fingerprint density at radius 2 is 2.44 bits per heavy atom. The maximum absolute atomic E-state index is 4.21. The largest absolute Gasteiger partial charge is 0.359 e. The van der Waals surface area contributed by atoms with Gasteiger partial charge in [0.15, 0.2) is 5.96 Å². The fourth-order valence-electron chi connectivity index (χ4n) is 0.999. The molecule has 0 aliphatic carbocycles. The molecule has 1 aromatic rings. The van der Waals surface area contributed by atoms with E-state index in [2.05, 4.69) is 20.6 Å². The third kappa shape index (κ3) is 6.54. The molecule has 1 heterocycles. The molecule has 0 saturated heterocycles. The second kappa shape index (κ2) is 10.2. The molecule has 0 atom stereocenters. The lowest BCUT2D eigenvalue weighted by Crippen LogP contribution is -2.35. The summed E-state index contributed by atoms with van der Waals surface area (Å²) in [4.78, 5) is 8.24. The number of aliphatic imine (C=N–C) groups is 1. The number of rotatable bonds is 5. The zero-order chi connectivity index (χ0) is 10.9. The van der Waals surface area contributed by atoms with E-state index in [9.17, 15) is 0 Å². The highest BCUT2D eigenvalue weighted by molar-refractivity contribution is 14.0. The van der Waals surface area contributed by atoms with Crippen molar-refractivity contribution in [3.63, 3.8) is 0 Å². The highest BCUT2D eigenvalue weighted by atomic mass is 127. The average Bonchev–Trinajstić information content (AvgIpc) is 2.76. The van der Waals surface area contributed by atoms with Crippen LogP contribution in [0.5, 0.6) is 0 Å². The normalized spacial score (nSPS) is 10.8. The quantitative estimate of drug-likeness (QED) is 0.273. The van der Waals surface area contributed by atoms with E-state index in [1.807, 2.05) is 18.6 Å². The summed E-state index contributed by atoms with van der Waals surface area (Å²) in [5.74, 6) is 1.93. The van der Waals surface area contributed by atoms with E-state index in [4.69, 9.17) is 0 Å². The molecule has 0 radical (unpaired) electrons. The Bertz CT molecular complexity index is 290. The average molecular weight is 372 g/mol. The molecular formula is C9H17IN4S2. The van der Waals surface area contributed by atoms with Crippen molar-refractivity contribution in [1.82, 2.24) is 15.6 Å². The van der Waals surface area contributed by atoms with Gasteiger partial charge in [0.25, 0.3) is 0 Å². The van der Waals surface area contributed by atoms with Crippen LogP contribution in [0, 0.1) is 0 Å². The van der Waals surface area contributed by atoms with Crippen LogP contribution in [-0.2, 0) is 0 Å². The van der Waals surface area contributed by atoms with Crippen LogP contribution >= 0.6 is 47.1 Å². The first-order valence-corrected chi connectivity index (χ1v) is 6.64. The van der Waals surface area contributed by atoms with Gasteiger partial charge in [0.2, 0.25) is 0 Å². The summed E-state index contributed by atoms with van der Waals surface area (Å²) in [6.45, 7) is 0.936. The zero-order valence-electron chi connectivity index (χ0n) is 9.40. The first-order valence-electron chi connectivity index (χ1n) is 4.77. The summed E-state index contributed by atoms with van der Waals surface area (Å²) in [6, 6.07) is 0. The molecule has 16 heavy (non-hydrogen) atoms. The number of nitrogens with zero attached hydrogens (tertiary/aromatic N) is 2. The summed E-state index contributed by atoms with van der Waals surface area (Å²) >= 11 is 3.49.